The number of unbranched alkanes of at least 4 members (excludes halogenated alkanes) is 1. The van der Waals surface area contributed by atoms with Crippen molar-refractivity contribution >= 4 is 17.7 Å². The topological polar surface area (TPSA) is 126 Å². The Morgan fingerprint density at radius 1 is 1.25 bits per heavy atom. The van der Waals surface area contributed by atoms with E-state index in [0.29, 0.717) is 32.5 Å². The molecule has 4 rings (SSSR count). The van der Waals surface area contributed by atoms with E-state index >= 15 is 0 Å². The summed E-state index contributed by atoms with van der Waals surface area (Å²) in [7, 11) is 1.46. The largest absolute Gasteiger partial charge is 0.480 e. The first-order valence-corrected chi connectivity index (χ1v) is 14.2. The molecule has 11 heteroatoms. The molecule has 1 unspecified atom stereocenters. The molecular weight excluding hydrogens is 517 g/mol. The third kappa shape index (κ3) is 7.66. The van der Waals surface area contributed by atoms with Gasteiger partial charge in [0.1, 0.15) is 24.6 Å². The first-order chi connectivity index (χ1) is 19.4. The van der Waals surface area contributed by atoms with Crippen molar-refractivity contribution in [1.29, 1.82) is 0 Å². The van der Waals surface area contributed by atoms with E-state index in [1.165, 1.54) is 23.3 Å². The number of aliphatic carboxylic acids is 1. The summed E-state index contributed by atoms with van der Waals surface area (Å²) in [4.78, 5) is 44.1. The molecular formula is C29H40FN5O5. The number of fused-ring (bicyclic) bond motifs is 2. The predicted octanol–water partition coefficient (Wildman–Crippen LogP) is 2.36. The summed E-state index contributed by atoms with van der Waals surface area (Å²) in [5.74, 6) is -0.645. The van der Waals surface area contributed by atoms with Crippen molar-refractivity contribution in [2.24, 2.45) is 0 Å². The summed E-state index contributed by atoms with van der Waals surface area (Å²) in [5, 5.41) is 15.8. The fourth-order valence-corrected chi connectivity index (χ4v) is 5.52. The van der Waals surface area contributed by atoms with Gasteiger partial charge in [-0.05, 0) is 75.6 Å². The van der Waals surface area contributed by atoms with Crippen molar-refractivity contribution in [1.82, 2.24) is 19.8 Å². The number of methoxy groups -OCH3 is 1. The number of ether oxygens (including phenoxy) is 1. The number of carboxylic acid groups (broad SMARTS) is 1. The van der Waals surface area contributed by atoms with Crippen LogP contribution in [0.15, 0.2) is 35.1 Å². The quantitative estimate of drug-likeness (QED) is 0.285. The van der Waals surface area contributed by atoms with E-state index < -0.39 is 36.7 Å². The van der Waals surface area contributed by atoms with Crippen molar-refractivity contribution in [2.75, 3.05) is 45.3 Å². The number of nitrogens with zero attached hydrogens (tertiary/aromatic N) is 3. The zero-order valence-electron chi connectivity index (χ0n) is 23.1. The Hall–Kier alpha value is -3.31. The van der Waals surface area contributed by atoms with Gasteiger partial charge in [-0.2, -0.15) is 0 Å². The Morgan fingerprint density at radius 2 is 2.10 bits per heavy atom. The van der Waals surface area contributed by atoms with Crippen molar-refractivity contribution in [3.8, 4) is 0 Å². The molecule has 3 N–H and O–H groups in total. The number of anilines is 1. The maximum absolute atomic E-state index is 13.4. The van der Waals surface area contributed by atoms with E-state index in [4.69, 9.17) is 9.72 Å². The molecule has 0 aliphatic carbocycles. The first-order valence-electron chi connectivity index (χ1n) is 14.2. The number of carboxylic acids is 1. The normalized spacial score (nSPS) is 17.5. The number of nitrogens with one attached hydrogen (secondary N) is 2. The van der Waals surface area contributed by atoms with Gasteiger partial charge in [0.25, 0.3) is 5.56 Å². The summed E-state index contributed by atoms with van der Waals surface area (Å²) in [6, 6.07) is 7.23. The molecule has 0 aromatic carbocycles. The molecule has 4 heterocycles. The van der Waals surface area contributed by atoms with Gasteiger partial charge < -0.3 is 29.9 Å². The fourth-order valence-electron chi connectivity index (χ4n) is 5.52. The lowest BCUT2D eigenvalue weighted by molar-refractivity contribution is -0.142. The SMILES string of the molecule is CO[C@H](CF)CN(CCCCc1ccc2c(n1)NCCC2)CC[C@H](NC(=O)C1CCc2cccc(=O)n21)C(=O)O. The Balaban J connectivity index is 1.31. The zero-order valence-corrected chi connectivity index (χ0v) is 23.1. The van der Waals surface area contributed by atoms with Crippen LogP contribution < -0.4 is 16.2 Å². The number of alkyl halides is 1. The molecule has 218 valence electrons. The lowest BCUT2D eigenvalue weighted by Crippen LogP contribution is -2.47. The van der Waals surface area contributed by atoms with Gasteiger partial charge in [0.15, 0.2) is 0 Å². The first kappa shape index (κ1) is 29.7. The lowest BCUT2D eigenvalue weighted by Gasteiger charge is -2.27. The number of carbonyl (C=O) groups excluding carboxylic acids is 1. The van der Waals surface area contributed by atoms with Gasteiger partial charge in [-0.3, -0.25) is 9.59 Å². The van der Waals surface area contributed by atoms with Crippen LogP contribution in [0.3, 0.4) is 0 Å². The van der Waals surface area contributed by atoms with E-state index in [2.05, 4.69) is 22.8 Å². The van der Waals surface area contributed by atoms with Crippen LogP contribution in [-0.4, -0.2) is 83.5 Å². The van der Waals surface area contributed by atoms with Gasteiger partial charge in [-0.1, -0.05) is 12.1 Å². The van der Waals surface area contributed by atoms with Crippen molar-refractivity contribution in [3.05, 3.63) is 57.6 Å². The Labute approximate surface area is 233 Å². The van der Waals surface area contributed by atoms with Gasteiger partial charge in [0.2, 0.25) is 5.91 Å². The number of carbonyl (C=O) groups is 2. The second-order valence-electron chi connectivity index (χ2n) is 10.6. The van der Waals surface area contributed by atoms with Gasteiger partial charge >= 0.3 is 5.97 Å². The summed E-state index contributed by atoms with van der Waals surface area (Å²) in [6.45, 7) is 1.60. The van der Waals surface area contributed by atoms with Crippen molar-refractivity contribution in [3.63, 3.8) is 0 Å². The smallest absolute Gasteiger partial charge is 0.326 e. The van der Waals surface area contributed by atoms with E-state index in [1.54, 1.807) is 12.1 Å². The maximum Gasteiger partial charge on any atom is 0.326 e. The predicted molar refractivity (Wildman–Crippen MR) is 149 cm³/mol. The summed E-state index contributed by atoms with van der Waals surface area (Å²) in [5.41, 5.74) is 2.78. The number of rotatable bonds is 15. The molecule has 3 atom stereocenters. The van der Waals surface area contributed by atoms with E-state index in [-0.39, 0.29) is 12.0 Å². The second kappa shape index (κ2) is 14.4. The average Bonchev–Trinajstić information content (AvgIpc) is 3.41. The molecule has 40 heavy (non-hydrogen) atoms. The molecule has 0 spiro atoms. The van der Waals surface area contributed by atoms with E-state index in [0.717, 1.165) is 55.9 Å². The standard InChI is InChI=1S/C29H40FN5O5/c1-40-23(18-30)19-34(16-3-2-7-21-11-10-20-6-5-15-31-27(20)32-21)17-14-24(29(38)39)33-28(37)25-13-12-22-8-4-9-26(36)35(22)25/h4,8-11,23-25H,2-3,5-7,12-19H2,1H3,(H,31,32)(H,33,37)(H,38,39)/t23-,24+,25?/m1/s1. The van der Waals surface area contributed by atoms with E-state index in [1.807, 2.05) is 4.90 Å². The monoisotopic (exact) mass is 557 g/mol. The number of pyridine rings is 2. The van der Waals surface area contributed by atoms with Crippen LogP contribution >= 0.6 is 0 Å². The van der Waals surface area contributed by atoms with Crippen molar-refractivity contribution < 1.29 is 23.8 Å². The number of hydrogen-bond acceptors (Lipinski definition) is 7. The third-order valence-electron chi connectivity index (χ3n) is 7.79. The van der Waals surface area contributed by atoms with Gasteiger partial charge in [-0.25, -0.2) is 14.2 Å². The number of amides is 1. The molecule has 2 aromatic rings. The minimum absolute atomic E-state index is 0.144. The molecule has 0 saturated carbocycles. The number of aromatic nitrogens is 2. The van der Waals surface area contributed by atoms with Crippen molar-refractivity contribution in [2.45, 2.75) is 69.6 Å². The minimum atomic E-state index is -1.15. The molecule has 0 bridgehead atoms. The molecule has 0 radical (unpaired) electrons. The summed E-state index contributed by atoms with van der Waals surface area (Å²) >= 11 is 0. The number of halogens is 1. The minimum Gasteiger partial charge on any atom is -0.480 e. The molecule has 1 amide bonds. The number of aryl methyl sites for hydroxylation is 3. The van der Waals surface area contributed by atoms with Crippen LogP contribution in [0.5, 0.6) is 0 Å². The Bertz CT molecular complexity index is 1220. The highest BCUT2D eigenvalue weighted by Gasteiger charge is 2.32. The van der Waals surface area contributed by atoms with Gasteiger partial charge in [-0.15, -0.1) is 0 Å². The van der Waals surface area contributed by atoms with Crippen LogP contribution in [0.2, 0.25) is 0 Å². The van der Waals surface area contributed by atoms with Gasteiger partial charge in [0.05, 0.1) is 6.10 Å². The Morgan fingerprint density at radius 3 is 2.88 bits per heavy atom. The lowest BCUT2D eigenvalue weighted by atomic mass is 10.1. The number of hydrogen-bond donors (Lipinski definition) is 3. The molecule has 2 aromatic heterocycles. The van der Waals surface area contributed by atoms with Gasteiger partial charge in [0, 0.05) is 44.2 Å². The Kier molecular flexibility index (Phi) is 10.7. The van der Waals surface area contributed by atoms with Crippen LogP contribution in [0.25, 0.3) is 0 Å². The average molecular weight is 558 g/mol. The van der Waals surface area contributed by atoms with Crippen LogP contribution in [0.1, 0.15) is 55.1 Å². The maximum atomic E-state index is 13.4. The third-order valence-corrected chi connectivity index (χ3v) is 7.79. The highest BCUT2D eigenvalue weighted by Crippen LogP contribution is 2.24. The summed E-state index contributed by atoms with van der Waals surface area (Å²) < 4.78 is 20.1. The fraction of sp³-hybridized carbons (Fsp3) is 0.586. The molecule has 0 fully saturated rings. The van der Waals surface area contributed by atoms with Crippen LogP contribution in [-0.2, 0) is 33.6 Å². The van der Waals surface area contributed by atoms with E-state index in [9.17, 15) is 23.9 Å². The highest BCUT2D eigenvalue weighted by atomic mass is 19.1. The second-order valence-corrected chi connectivity index (χ2v) is 10.6. The van der Waals surface area contributed by atoms with Crippen LogP contribution in [0.4, 0.5) is 10.2 Å². The van der Waals surface area contributed by atoms with Crippen LogP contribution in [0, 0.1) is 0 Å². The molecule has 0 saturated heterocycles. The molecule has 2 aliphatic heterocycles. The zero-order chi connectivity index (χ0) is 28.5. The highest BCUT2D eigenvalue weighted by molar-refractivity contribution is 5.86. The summed E-state index contributed by atoms with van der Waals surface area (Å²) in [6.07, 6.45) is 5.24. The molecule has 2 aliphatic rings. The molecule has 10 nitrogen and oxygen atoms in total.